The summed E-state index contributed by atoms with van der Waals surface area (Å²) in [5, 5.41) is 19.3. The van der Waals surface area contributed by atoms with Gasteiger partial charge in [-0.1, -0.05) is 4.49 Å². The highest BCUT2D eigenvalue weighted by molar-refractivity contribution is 7.03. The number of aromatic nitrogens is 4. The minimum Gasteiger partial charge on any atom is -0.386 e. The number of hydrogen-bond acceptors (Lipinski definition) is 5. The molecule has 6 heteroatoms. The van der Waals surface area contributed by atoms with Gasteiger partial charge in [0.25, 0.3) is 0 Å². The number of nitrogens with zero attached hydrogens (tertiary/aromatic N) is 4. The zero-order chi connectivity index (χ0) is 9.97. The maximum atomic E-state index is 9.74. The third-order valence-corrected chi connectivity index (χ3v) is 2.43. The van der Waals surface area contributed by atoms with Crippen molar-refractivity contribution >= 4 is 11.5 Å². The van der Waals surface area contributed by atoms with Crippen molar-refractivity contribution in [3.8, 4) is 0 Å². The van der Waals surface area contributed by atoms with Crippen LogP contribution in [-0.2, 0) is 13.5 Å². The fraction of sp³-hybridized carbons (Fsp3) is 0.375. The first kappa shape index (κ1) is 9.29. The average molecular weight is 210 g/mol. The Morgan fingerprint density at radius 3 is 3.07 bits per heavy atom. The van der Waals surface area contributed by atoms with Gasteiger partial charge in [0.1, 0.15) is 11.8 Å². The van der Waals surface area contributed by atoms with Gasteiger partial charge < -0.3 is 5.11 Å². The standard InChI is InChI=1S/C8H10N4OS/c1-12-4-6(3-9-12)2-8(13)7-5-14-11-10-7/h3-5,8,13H,2H2,1H3. The molecule has 0 radical (unpaired) electrons. The smallest absolute Gasteiger partial charge is 0.104 e. The molecule has 0 saturated heterocycles. The molecule has 0 aliphatic heterocycles. The summed E-state index contributed by atoms with van der Waals surface area (Å²) < 4.78 is 5.41. The third kappa shape index (κ3) is 1.97. The molecule has 0 aliphatic carbocycles. The highest BCUT2D eigenvalue weighted by atomic mass is 32.1. The van der Waals surface area contributed by atoms with Gasteiger partial charge in [-0.05, 0) is 17.1 Å². The van der Waals surface area contributed by atoms with E-state index in [2.05, 4.69) is 14.7 Å². The van der Waals surface area contributed by atoms with E-state index >= 15 is 0 Å². The van der Waals surface area contributed by atoms with Crippen LogP contribution < -0.4 is 0 Å². The quantitative estimate of drug-likeness (QED) is 0.803. The lowest BCUT2D eigenvalue weighted by Gasteiger charge is -2.03. The summed E-state index contributed by atoms with van der Waals surface area (Å²) in [6.45, 7) is 0. The molecule has 2 aromatic heterocycles. The lowest BCUT2D eigenvalue weighted by molar-refractivity contribution is 0.173. The van der Waals surface area contributed by atoms with E-state index in [1.54, 1.807) is 16.3 Å². The van der Waals surface area contributed by atoms with Gasteiger partial charge in [0.05, 0.1) is 6.20 Å². The van der Waals surface area contributed by atoms with E-state index < -0.39 is 6.10 Å². The van der Waals surface area contributed by atoms with Gasteiger partial charge in [0.15, 0.2) is 0 Å². The van der Waals surface area contributed by atoms with Crippen LogP contribution in [-0.4, -0.2) is 24.5 Å². The minimum atomic E-state index is -0.585. The first-order valence-corrected chi connectivity index (χ1v) is 5.02. The van der Waals surface area contributed by atoms with Crippen molar-refractivity contribution < 1.29 is 5.11 Å². The Morgan fingerprint density at radius 1 is 1.64 bits per heavy atom. The second-order valence-electron chi connectivity index (χ2n) is 3.07. The molecule has 2 heterocycles. The lowest BCUT2D eigenvalue weighted by atomic mass is 10.1. The van der Waals surface area contributed by atoms with Crippen LogP contribution in [0.2, 0.25) is 0 Å². The Kier molecular flexibility index (Phi) is 2.55. The fourth-order valence-electron chi connectivity index (χ4n) is 1.22. The average Bonchev–Trinajstić information content (AvgIpc) is 2.75. The van der Waals surface area contributed by atoms with Crippen LogP contribution in [0.4, 0.5) is 0 Å². The Balaban J connectivity index is 2.05. The van der Waals surface area contributed by atoms with Crippen LogP contribution in [0, 0.1) is 0 Å². The van der Waals surface area contributed by atoms with E-state index in [1.807, 2.05) is 13.2 Å². The van der Waals surface area contributed by atoms with Gasteiger partial charge in [-0.15, -0.1) is 5.10 Å². The van der Waals surface area contributed by atoms with Gasteiger partial charge in [-0.25, -0.2) is 0 Å². The number of rotatable bonds is 3. The zero-order valence-corrected chi connectivity index (χ0v) is 8.48. The maximum absolute atomic E-state index is 9.74. The number of hydrogen-bond donors (Lipinski definition) is 1. The molecule has 1 unspecified atom stereocenters. The van der Waals surface area contributed by atoms with Crippen molar-refractivity contribution in [2.45, 2.75) is 12.5 Å². The van der Waals surface area contributed by atoms with E-state index in [4.69, 9.17) is 0 Å². The molecule has 0 saturated carbocycles. The molecule has 0 spiro atoms. The van der Waals surface area contributed by atoms with Gasteiger partial charge in [-0.3, -0.25) is 4.68 Å². The summed E-state index contributed by atoms with van der Waals surface area (Å²) >= 11 is 1.24. The highest BCUT2D eigenvalue weighted by Gasteiger charge is 2.11. The Labute approximate surface area is 85.2 Å². The van der Waals surface area contributed by atoms with Crippen molar-refractivity contribution in [1.29, 1.82) is 0 Å². The molecule has 2 aromatic rings. The number of aliphatic hydroxyl groups is 1. The van der Waals surface area contributed by atoms with Crippen LogP contribution in [0.3, 0.4) is 0 Å². The van der Waals surface area contributed by atoms with Gasteiger partial charge in [0.2, 0.25) is 0 Å². The van der Waals surface area contributed by atoms with Crippen LogP contribution in [0.15, 0.2) is 17.8 Å². The Morgan fingerprint density at radius 2 is 2.50 bits per heavy atom. The van der Waals surface area contributed by atoms with E-state index in [0.717, 1.165) is 5.56 Å². The van der Waals surface area contributed by atoms with Crippen LogP contribution in [0.25, 0.3) is 0 Å². The zero-order valence-electron chi connectivity index (χ0n) is 7.66. The van der Waals surface area contributed by atoms with Crippen molar-refractivity contribution in [2.24, 2.45) is 7.05 Å². The number of aryl methyl sites for hydroxylation is 1. The molecule has 74 valence electrons. The Bertz CT molecular complexity index is 397. The molecule has 2 rings (SSSR count). The topological polar surface area (TPSA) is 63.8 Å². The van der Waals surface area contributed by atoms with Crippen LogP contribution >= 0.6 is 11.5 Å². The molecule has 0 aromatic carbocycles. The summed E-state index contributed by atoms with van der Waals surface area (Å²) in [5.41, 5.74) is 1.62. The normalized spacial score (nSPS) is 13.0. The van der Waals surface area contributed by atoms with Crippen molar-refractivity contribution in [1.82, 2.24) is 19.4 Å². The van der Waals surface area contributed by atoms with E-state index in [0.29, 0.717) is 12.1 Å². The molecular formula is C8H10N4OS. The third-order valence-electron chi connectivity index (χ3n) is 1.91. The minimum absolute atomic E-state index is 0.527. The summed E-state index contributed by atoms with van der Waals surface area (Å²) in [4.78, 5) is 0. The lowest BCUT2D eigenvalue weighted by Crippen LogP contribution is -2.01. The van der Waals surface area contributed by atoms with Crippen LogP contribution in [0.5, 0.6) is 0 Å². The van der Waals surface area contributed by atoms with Gasteiger partial charge in [0, 0.05) is 25.0 Å². The molecule has 5 nitrogen and oxygen atoms in total. The maximum Gasteiger partial charge on any atom is 0.104 e. The van der Waals surface area contributed by atoms with E-state index in [9.17, 15) is 5.11 Å². The summed E-state index contributed by atoms with van der Waals surface area (Å²) in [6.07, 6.45) is 3.56. The van der Waals surface area contributed by atoms with Gasteiger partial charge >= 0.3 is 0 Å². The summed E-state index contributed by atoms with van der Waals surface area (Å²) in [7, 11) is 1.85. The molecular weight excluding hydrogens is 200 g/mol. The molecule has 0 bridgehead atoms. The second kappa shape index (κ2) is 3.85. The van der Waals surface area contributed by atoms with E-state index in [1.165, 1.54) is 11.5 Å². The molecule has 0 fully saturated rings. The SMILES string of the molecule is Cn1cc(CC(O)c2csnn2)cn1. The largest absolute Gasteiger partial charge is 0.386 e. The predicted molar refractivity (Wildman–Crippen MR) is 51.8 cm³/mol. The molecule has 14 heavy (non-hydrogen) atoms. The van der Waals surface area contributed by atoms with Gasteiger partial charge in [-0.2, -0.15) is 5.10 Å². The van der Waals surface area contributed by atoms with Crippen molar-refractivity contribution in [2.75, 3.05) is 0 Å². The second-order valence-corrected chi connectivity index (χ2v) is 3.68. The molecule has 1 N–H and O–H groups in total. The van der Waals surface area contributed by atoms with Crippen molar-refractivity contribution in [3.05, 3.63) is 29.0 Å². The molecule has 0 amide bonds. The first-order valence-electron chi connectivity index (χ1n) is 4.18. The predicted octanol–water partition coefficient (Wildman–Crippen LogP) is 0.548. The monoisotopic (exact) mass is 210 g/mol. The summed E-state index contributed by atoms with van der Waals surface area (Å²) in [5.74, 6) is 0. The van der Waals surface area contributed by atoms with Crippen molar-refractivity contribution in [3.63, 3.8) is 0 Å². The first-order chi connectivity index (χ1) is 6.75. The highest BCUT2D eigenvalue weighted by Crippen LogP contribution is 2.16. The number of aliphatic hydroxyl groups excluding tert-OH is 1. The molecule has 1 atom stereocenters. The van der Waals surface area contributed by atoms with E-state index in [-0.39, 0.29) is 0 Å². The molecule has 0 aliphatic rings. The Hall–Kier alpha value is -1.27. The van der Waals surface area contributed by atoms with Crippen LogP contribution in [0.1, 0.15) is 17.4 Å². The fourth-order valence-corrected chi connectivity index (χ4v) is 1.72. The summed E-state index contributed by atoms with van der Waals surface area (Å²) in [6, 6.07) is 0.